The van der Waals surface area contributed by atoms with Crippen LogP contribution in [-0.2, 0) is 11.2 Å². The highest BCUT2D eigenvalue weighted by Crippen LogP contribution is 2.15. The van der Waals surface area contributed by atoms with Crippen LogP contribution < -0.4 is 5.32 Å². The van der Waals surface area contributed by atoms with E-state index in [9.17, 15) is 4.79 Å². The van der Waals surface area contributed by atoms with E-state index < -0.39 is 0 Å². The smallest absolute Gasteiger partial charge is 0.227 e. The molecule has 1 unspecified atom stereocenters. The molecule has 112 valence electrons. The molecule has 2 rings (SSSR count). The molecule has 0 radical (unpaired) electrons. The summed E-state index contributed by atoms with van der Waals surface area (Å²) < 4.78 is 5.18. The van der Waals surface area contributed by atoms with Crippen molar-refractivity contribution in [1.82, 2.24) is 15.5 Å². The second kappa shape index (κ2) is 7.57. The molecule has 5 heteroatoms. The van der Waals surface area contributed by atoms with E-state index in [4.69, 9.17) is 4.52 Å². The first-order valence-corrected chi connectivity index (χ1v) is 7.36. The Morgan fingerprint density at radius 1 is 1.33 bits per heavy atom. The van der Waals surface area contributed by atoms with Crippen LogP contribution in [0.5, 0.6) is 0 Å². The number of nitrogens with zero attached hydrogens (tertiary/aromatic N) is 2. The molecule has 0 saturated carbocycles. The van der Waals surface area contributed by atoms with Crippen LogP contribution in [0.1, 0.15) is 39.0 Å². The molecule has 1 aromatic carbocycles. The van der Waals surface area contributed by atoms with E-state index in [1.165, 1.54) is 0 Å². The van der Waals surface area contributed by atoms with Crippen LogP contribution in [0.25, 0.3) is 11.4 Å². The Morgan fingerprint density at radius 2 is 2.10 bits per heavy atom. The van der Waals surface area contributed by atoms with Gasteiger partial charge in [-0.2, -0.15) is 4.98 Å². The molecule has 1 aromatic heterocycles. The summed E-state index contributed by atoms with van der Waals surface area (Å²) in [6, 6.07) is 9.85. The van der Waals surface area contributed by atoms with Crippen molar-refractivity contribution in [2.75, 3.05) is 0 Å². The van der Waals surface area contributed by atoms with Gasteiger partial charge < -0.3 is 9.84 Å². The Balaban J connectivity index is 1.84. The van der Waals surface area contributed by atoms with Gasteiger partial charge in [0.2, 0.25) is 17.6 Å². The number of nitrogens with one attached hydrogen (secondary N) is 1. The number of hydrogen-bond donors (Lipinski definition) is 1. The normalized spacial score (nSPS) is 12.1. The minimum atomic E-state index is 0.0235. The first-order valence-electron chi connectivity index (χ1n) is 7.36. The van der Waals surface area contributed by atoms with Crippen LogP contribution in [0.15, 0.2) is 34.9 Å². The number of rotatable bonds is 7. The van der Waals surface area contributed by atoms with Gasteiger partial charge in [0, 0.05) is 24.4 Å². The lowest BCUT2D eigenvalue weighted by molar-refractivity contribution is -0.121. The highest BCUT2D eigenvalue weighted by atomic mass is 16.5. The van der Waals surface area contributed by atoms with Gasteiger partial charge in [-0.3, -0.25) is 4.79 Å². The van der Waals surface area contributed by atoms with Gasteiger partial charge >= 0.3 is 0 Å². The average Bonchev–Trinajstić information content (AvgIpc) is 2.95. The minimum Gasteiger partial charge on any atom is -0.354 e. The first-order chi connectivity index (χ1) is 10.2. The fourth-order valence-electron chi connectivity index (χ4n) is 2.13. The van der Waals surface area contributed by atoms with Crippen LogP contribution in [0.3, 0.4) is 0 Å². The predicted octanol–water partition coefficient (Wildman–Crippen LogP) is 2.97. The van der Waals surface area contributed by atoms with Gasteiger partial charge in [-0.05, 0) is 13.3 Å². The molecule has 0 spiro atoms. The van der Waals surface area contributed by atoms with Gasteiger partial charge in [-0.1, -0.05) is 48.8 Å². The van der Waals surface area contributed by atoms with Gasteiger partial charge in [0.05, 0.1) is 0 Å². The molecular formula is C16H21N3O2. The van der Waals surface area contributed by atoms with Crippen molar-refractivity contribution in [3.05, 3.63) is 36.2 Å². The van der Waals surface area contributed by atoms with E-state index in [1.54, 1.807) is 0 Å². The molecule has 21 heavy (non-hydrogen) atoms. The fraction of sp³-hybridized carbons (Fsp3) is 0.438. The molecule has 1 heterocycles. The maximum Gasteiger partial charge on any atom is 0.227 e. The van der Waals surface area contributed by atoms with E-state index in [-0.39, 0.29) is 11.9 Å². The van der Waals surface area contributed by atoms with Crippen molar-refractivity contribution in [3.63, 3.8) is 0 Å². The zero-order chi connectivity index (χ0) is 15.1. The van der Waals surface area contributed by atoms with Crippen molar-refractivity contribution in [3.8, 4) is 11.4 Å². The Hall–Kier alpha value is -2.17. The lowest BCUT2D eigenvalue weighted by Gasteiger charge is -2.11. The number of benzene rings is 1. The molecule has 0 aliphatic carbocycles. The molecule has 1 atom stereocenters. The van der Waals surface area contributed by atoms with Crippen molar-refractivity contribution in [2.24, 2.45) is 0 Å². The van der Waals surface area contributed by atoms with E-state index in [0.717, 1.165) is 18.4 Å². The van der Waals surface area contributed by atoms with E-state index in [0.29, 0.717) is 24.6 Å². The lowest BCUT2D eigenvalue weighted by Crippen LogP contribution is -2.32. The highest BCUT2D eigenvalue weighted by molar-refractivity contribution is 5.76. The summed E-state index contributed by atoms with van der Waals surface area (Å²) >= 11 is 0. The largest absolute Gasteiger partial charge is 0.354 e. The second-order valence-electron chi connectivity index (χ2n) is 5.13. The fourth-order valence-corrected chi connectivity index (χ4v) is 2.13. The summed E-state index contributed by atoms with van der Waals surface area (Å²) in [7, 11) is 0. The highest BCUT2D eigenvalue weighted by Gasteiger charge is 2.11. The lowest BCUT2D eigenvalue weighted by atomic mass is 10.2. The SMILES string of the molecule is CCCC(C)NC(=O)CCc1nc(-c2ccccc2)no1. The zero-order valence-corrected chi connectivity index (χ0v) is 12.5. The summed E-state index contributed by atoms with van der Waals surface area (Å²) in [5.41, 5.74) is 0.911. The second-order valence-corrected chi connectivity index (χ2v) is 5.13. The van der Waals surface area contributed by atoms with E-state index in [1.807, 2.05) is 37.3 Å². The van der Waals surface area contributed by atoms with Crippen molar-refractivity contribution in [2.45, 2.75) is 45.6 Å². The minimum absolute atomic E-state index is 0.0235. The topological polar surface area (TPSA) is 68.0 Å². The van der Waals surface area contributed by atoms with Crippen molar-refractivity contribution >= 4 is 5.91 Å². The summed E-state index contributed by atoms with van der Waals surface area (Å²) in [5.74, 6) is 1.08. The Kier molecular flexibility index (Phi) is 5.49. The molecule has 2 aromatic rings. The van der Waals surface area contributed by atoms with Crippen LogP contribution in [0, 0.1) is 0 Å². The van der Waals surface area contributed by atoms with Crippen LogP contribution in [0.2, 0.25) is 0 Å². The number of aryl methyl sites for hydroxylation is 1. The number of carbonyl (C=O) groups excluding carboxylic acids is 1. The maximum absolute atomic E-state index is 11.8. The summed E-state index contributed by atoms with van der Waals surface area (Å²) in [6.07, 6.45) is 2.88. The molecular weight excluding hydrogens is 266 g/mol. The molecule has 0 fully saturated rings. The van der Waals surface area contributed by atoms with Crippen molar-refractivity contribution < 1.29 is 9.32 Å². The quantitative estimate of drug-likeness (QED) is 0.850. The van der Waals surface area contributed by atoms with E-state index >= 15 is 0 Å². The molecule has 0 bridgehead atoms. The summed E-state index contributed by atoms with van der Waals surface area (Å²) in [6.45, 7) is 4.12. The standard InChI is InChI=1S/C16H21N3O2/c1-3-7-12(2)17-14(20)10-11-15-18-16(19-21-15)13-8-5-4-6-9-13/h4-6,8-9,12H,3,7,10-11H2,1-2H3,(H,17,20). The molecule has 0 aliphatic rings. The van der Waals surface area contributed by atoms with Gasteiger partial charge in [-0.25, -0.2) is 0 Å². The van der Waals surface area contributed by atoms with Gasteiger partial charge in [0.25, 0.3) is 0 Å². The predicted molar refractivity (Wildman–Crippen MR) is 80.6 cm³/mol. The number of amides is 1. The summed E-state index contributed by atoms with van der Waals surface area (Å²) in [5, 5.41) is 6.90. The Morgan fingerprint density at radius 3 is 2.81 bits per heavy atom. The monoisotopic (exact) mass is 287 g/mol. The third kappa shape index (κ3) is 4.70. The number of hydrogen-bond acceptors (Lipinski definition) is 4. The van der Waals surface area contributed by atoms with Gasteiger partial charge in [-0.15, -0.1) is 0 Å². The van der Waals surface area contributed by atoms with Crippen molar-refractivity contribution in [1.29, 1.82) is 0 Å². The Labute approximate surface area is 124 Å². The van der Waals surface area contributed by atoms with Crippen LogP contribution >= 0.6 is 0 Å². The third-order valence-corrected chi connectivity index (χ3v) is 3.20. The van der Waals surface area contributed by atoms with Crippen LogP contribution in [0.4, 0.5) is 0 Å². The maximum atomic E-state index is 11.8. The molecule has 0 aliphatic heterocycles. The molecule has 1 N–H and O–H groups in total. The zero-order valence-electron chi connectivity index (χ0n) is 12.5. The third-order valence-electron chi connectivity index (χ3n) is 3.20. The number of aromatic nitrogens is 2. The average molecular weight is 287 g/mol. The molecule has 1 amide bonds. The van der Waals surface area contributed by atoms with E-state index in [2.05, 4.69) is 22.4 Å². The van der Waals surface area contributed by atoms with Gasteiger partial charge in [0.1, 0.15) is 0 Å². The molecule has 0 saturated heterocycles. The first kappa shape index (κ1) is 15.2. The van der Waals surface area contributed by atoms with Crippen LogP contribution in [-0.4, -0.2) is 22.1 Å². The molecule has 5 nitrogen and oxygen atoms in total. The number of carbonyl (C=O) groups is 1. The van der Waals surface area contributed by atoms with Gasteiger partial charge in [0.15, 0.2) is 0 Å². The Bertz CT molecular complexity index is 566. The summed E-state index contributed by atoms with van der Waals surface area (Å²) in [4.78, 5) is 16.1.